The molecular formula is C21H23N5O. The lowest BCUT2D eigenvalue weighted by Gasteiger charge is -2.28. The molecule has 0 aromatic carbocycles. The highest BCUT2D eigenvalue weighted by Gasteiger charge is 2.29. The van der Waals surface area contributed by atoms with Crippen LogP contribution < -0.4 is 0 Å². The summed E-state index contributed by atoms with van der Waals surface area (Å²) < 4.78 is 1.98. The molecule has 0 spiro atoms. The summed E-state index contributed by atoms with van der Waals surface area (Å²) in [5.74, 6) is 0.107. The number of carbonyl (C=O) groups excluding carboxylic acids is 1. The lowest BCUT2D eigenvalue weighted by atomic mass is 9.93. The van der Waals surface area contributed by atoms with Crippen molar-refractivity contribution in [2.45, 2.75) is 40.2 Å². The number of pyridine rings is 2. The summed E-state index contributed by atoms with van der Waals surface area (Å²) in [6, 6.07) is 10.1. The van der Waals surface area contributed by atoms with Gasteiger partial charge in [0.25, 0.3) is 0 Å². The largest absolute Gasteiger partial charge is 0.273 e. The van der Waals surface area contributed by atoms with E-state index in [-0.39, 0.29) is 11.8 Å². The second-order valence-electron chi connectivity index (χ2n) is 7.08. The third-order valence-corrected chi connectivity index (χ3v) is 5.02. The number of hydrogen-bond donors (Lipinski definition) is 0. The summed E-state index contributed by atoms with van der Waals surface area (Å²) in [6.45, 7) is 6.65. The molecule has 1 amide bonds. The van der Waals surface area contributed by atoms with Gasteiger partial charge >= 0.3 is 0 Å². The van der Waals surface area contributed by atoms with Crippen molar-refractivity contribution in [3.05, 3.63) is 65.2 Å². The molecule has 6 nitrogen and oxygen atoms in total. The fourth-order valence-electron chi connectivity index (χ4n) is 3.50. The van der Waals surface area contributed by atoms with E-state index in [0.29, 0.717) is 13.0 Å². The standard InChI is InChI=1S/C21H23N5O/c1-4-17-11-19-18(8-7-15(3)26(19)23-17)21-14(2)10-20(27)25(24-21)13-16-6-5-9-22-12-16/h5-9,11-12,14H,4,10,13H2,1-3H3. The second-order valence-corrected chi connectivity index (χ2v) is 7.08. The van der Waals surface area contributed by atoms with Gasteiger partial charge in [0.15, 0.2) is 0 Å². The Morgan fingerprint density at radius 1 is 1.26 bits per heavy atom. The molecule has 27 heavy (non-hydrogen) atoms. The van der Waals surface area contributed by atoms with Crippen LogP contribution in [0.15, 0.2) is 47.8 Å². The van der Waals surface area contributed by atoms with Gasteiger partial charge in [-0.05, 0) is 43.2 Å². The molecule has 0 saturated heterocycles. The van der Waals surface area contributed by atoms with Crippen molar-refractivity contribution in [2.24, 2.45) is 11.0 Å². The van der Waals surface area contributed by atoms with Gasteiger partial charge in [0.05, 0.1) is 23.5 Å². The zero-order valence-corrected chi connectivity index (χ0v) is 15.9. The molecule has 138 valence electrons. The molecule has 0 bridgehead atoms. The number of amides is 1. The van der Waals surface area contributed by atoms with E-state index in [0.717, 1.165) is 40.2 Å². The number of fused-ring (bicyclic) bond motifs is 1. The zero-order valence-electron chi connectivity index (χ0n) is 15.9. The number of aryl methyl sites for hydroxylation is 2. The van der Waals surface area contributed by atoms with E-state index in [1.165, 1.54) is 0 Å². The smallest absolute Gasteiger partial charge is 0.243 e. The molecule has 1 aliphatic heterocycles. The molecular weight excluding hydrogens is 338 g/mol. The highest BCUT2D eigenvalue weighted by molar-refractivity contribution is 6.10. The molecule has 4 heterocycles. The molecule has 1 unspecified atom stereocenters. The van der Waals surface area contributed by atoms with Gasteiger partial charge in [-0.2, -0.15) is 10.2 Å². The molecule has 0 radical (unpaired) electrons. The number of hydrazone groups is 1. The van der Waals surface area contributed by atoms with Crippen LogP contribution in [0.3, 0.4) is 0 Å². The van der Waals surface area contributed by atoms with Crippen molar-refractivity contribution in [2.75, 3.05) is 0 Å². The summed E-state index contributed by atoms with van der Waals surface area (Å²) in [7, 11) is 0. The van der Waals surface area contributed by atoms with E-state index in [4.69, 9.17) is 5.10 Å². The Bertz CT molecular complexity index is 1020. The van der Waals surface area contributed by atoms with Crippen LogP contribution in [0.1, 0.15) is 42.8 Å². The average Bonchev–Trinajstić information content (AvgIpc) is 3.11. The van der Waals surface area contributed by atoms with Gasteiger partial charge in [0.1, 0.15) is 0 Å². The maximum absolute atomic E-state index is 12.5. The SMILES string of the molecule is CCc1cc2c(C3=NN(Cc4cccnc4)C(=O)CC3C)ccc(C)n2n1. The van der Waals surface area contributed by atoms with Gasteiger partial charge in [-0.25, -0.2) is 9.52 Å². The molecule has 0 N–H and O–H groups in total. The normalized spacial score (nSPS) is 17.4. The number of nitrogens with zero attached hydrogens (tertiary/aromatic N) is 5. The average molecular weight is 361 g/mol. The maximum atomic E-state index is 12.5. The van der Waals surface area contributed by atoms with Gasteiger partial charge < -0.3 is 0 Å². The molecule has 1 aliphatic rings. The highest BCUT2D eigenvalue weighted by Crippen LogP contribution is 2.26. The minimum atomic E-state index is 0.0426. The Hall–Kier alpha value is -3.02. The fourth-order valence-corrected chi connectivity index (χ4v) is 3.50. The maximum Gasteiger partial charge on any atom is 0.243 e. The first kappa shape index (κ1) is 17.4. The van der Waals surface area contributed by atoms with E-state index in [9.17, 15) is 4.79 Å². The van der Waals surface area contributed by atoms with Crippen LogP contribution in [0.5, 0.6) is 0 Å². The third-order valence-electron chi connectivity index (χ3n) is 5.02. The van der Waals surface area contributed by atoms with Crippen LogP contribution in [0, 0.1) is 12.8 Å². The van der Waals surface area contributed by atoms with E-state index in [1.807, 2.05) is 23.6 Å². The van der Waals surface area contributed by atoms with Crippen molar-refractivity contribution in [3.63, 3.8) is 0 Å². The van der Waals surface area contributed by atoms with E-state index in [1.54, 1.807) is 17.4 Å². The molecule has 1 atom stereocenters. The minimum absolute atomic E-state index is 0.0426. The van der Waals surface area contributed by atoms with E-state index < -0.39 is 0 Å². The Morgan fingerprint density at radius 3 is 2.85 bits per heavy atom. The highest BCUT2D eigenvalue weighted by atomic mass is 16.2. The van der Waals surface area contributed by atoms with Gasteiger partial charge in [0, 0.05) is 36.0 Å². The first-order chi connectivity index (χ1) is 13.1. The summed E-state index contributed by atoms with van der Waals surface area (Å²) in [5.41, 5.74) is 6.14. The van der Waals surface area contributed by atoms with Crippen molar-refractivity contribution in [1.29, 1.82) is 0 Å². The van der Waals surface area contributed by atoms with Crippen LogP contribution in [0.2, 0.25) is 0 Å². The van der Waals surface area contributed by atoms with Crippen molar-refractivity contribution in [1.82, 2.24) is 19.6 Å². The monoisotopic (exact) mass is 361 g/mol. The Labute approximate surface area is 158 Å². The molecule has 0 fully saturated rings. The number of carbonyl (C=O) groups is 1. The molecule has 4 rings (SSSR count). The lowest BCUT2D eigenvalue weighted by Crippen LogP contribution is -2.36. The van der Waals surface area contributed by atoms with Crippen molar-refractivity contribution in [3.8, 4) is 0 Å². The molecule has 3 aromatic heterocycles. The lowest BCUT2D eigenvalue weighted by molar-refractivity contribution is -0.133. The van der Waals surface area contributed by atoms with Crippen molar-refractivity contribution >= 4 is 17.1 Å². The molecule has 0 aliphatic carbocycles. The van der Waals surface area contributed by atoms with Crippen LogP contribution in [0.4, 0.5) is 0 Å². The fraction of sp³-hybridized carbons (Fsp3) is 0.333. The Morgan fingerprint density at radius 2 is 2.11 bits per heavy atom. The molecule has 6 heteroatoms. The Balaban J connectivity index is 1.78. The van der Waals surface area contributed by atoms with E-state index in [2.05, 4.69) is 42.1 Å². The number of aromatic nitrogens is 3. The van der Waals surface area contributed by atoms with Crippen LogP contribution in [-0.4, -0.2) is 31.2 Å². The topological polar surface area (TPSA) is 62.9 Å². The third kappa shape index (κ3) is 3.23. The molecule has 3 aromatic rings. The van der Waals surface area contributed by atoms with Crippen LogP contribution >= 0.6 is 0 Å². The number of rotatable bonds is 4. The zero-order chi connectivity index (χ0) is 19.0. The summed E-state index contributed by atoms with van der Waals surface area (Å²) in [6.07, 6.45) is 4.84. The summed E-state index contributed by atoms with van der Waals surface area (Å²) in [5, 5.41) is 11.0. The first-order valence-corrected chi connectivity index (χ1v) is 9.33. The van der Waals surface area contributed by atoms with Crippen LogP contribution in [0.25, 0.3) is 5.52 Å². The predicted octanol–water partition coefficient (Wildman–Crippen LogP) is 3.37. The van der Waals surface area contributed by atoms with Crippen LogP contribution in [-0.2, 0) is 17.8 Å². The summed E-state index contributed by atoms with van der Waals surface area (Å²) in [4.78, 5) is 16.7. The molecule has 0 saturated carbocycles. The second kappa shape index (κ2) is 6.95. The van der Waals surface area contributed by atoms with Gasteiger partial charge in [-0.1, -0.05) is 19.9 Å². The van der Waals surface area contributed by atoms with Gasteiger partial charge in [-0.15, -0.1) is 0 Å². The first-order valence-electron chi connectivity index (χ1n) is 9.33. The number of hydrogen-bond acceptors (Lipinski definition) is 4. The van der Waals surface area contributed by atoms with Gasteiger partial charge in [-0.3, -0.25) is 9.78 Å². The quantitative estimate of drug-likeness (QED) is 0.716. The minimum Gasteiger partial charge on any atom is -0.273 e. The van der Waals surface area contributed by atoms with Crippen molar-refractivity contribution < 1.29 is 4.79 Å². The van der Waals surface area contributed by atoms with E-state index >= 15 is 0 Å². The Kier molecular flexibility index (Phi) is 4.48. The summed E-state index contributed by atoms with van der Waals surface area (Å²) >= 11 is 0. The predicted molar refractivity (Wildman–Crippen MR) is 104 cm³/mol. The van der Waals surface area contributed by atoms with Gasteiger partial charge in [0.2, 0.25) is 5.91 Å².